The van der Waals surface area contributed by atoms with Crippen LogP contribution in [0.15, 0.2) is 18.2 Å². The highest BCUT2D eigenvalue weighted by Crippen LogP contribution is 2.25. The Labute approximate surface area is 91.4 Å². The molecule has 74 valence electrons. The number of fused-ring (bicyclic) bond motifs is 1. The summed E-state index contributed by atoms with van der Waals surface area (Å²) in [6, 6.07) is 5.59. The molecule has 0 aliphatic heterocycles. The van der Waals surface area contributed by atoms with Gasteiger partial charge in [0, 0.05) is 13.1 Å². The number of benzene rings is 1. The molecule has 2 rings (SSSR count). The Morgan fingerprint density at radius 1 is 1.36 bits per heavy atom. The van der Waals surface area contributed by atoms with Gasteiger partial charge in [-0.25, -0.2) is 4.98 Å². The molecule has 0 fully saturated rings. The van der Waals surface area contributed by atoms with Gasteiger partial charge in [-0.1, -0.05) is 17.7 Å². The molecule has 0 aliphatic rings. The molecule has 2 N–H and O–H groups in total. The lowest BCUT2D eigenvalue weighted by molar-refractivity contribution is 0.729. The first kappa shape index (κ1) is 9.77. The molecule has 3 nitrogen and oxygen atoms in total. The number of hydrogen-bond donors (Lipinski definition) is 1. The number of aromatic nitrogens is 2. The maximum absolute atomic E-state index is 5.98. The van der Waals surface area contributed by atoms with E-state index < -0.39 is 0 Å². The monoisotopic (exact) mass is 229 g/mol. The molecule has 14 heavy (non-hydrogen) atoms. The Kier molecular flexibility index (Phi) is 2.63. The van der Waals surface area contributed by atoms with E-state index in [1.54, 1.807) is 6.07 Å². The van der Waals surface area contributed by atoms with Gasteiger partial charge in [0.1, 0.15) is 5.52 Å². The normalized spacial score (nSPS) is 11.1. The van der Waals surface area contributed by atoms with Gasteiger partial charge in [0.2, 0.25) is 5.28 Å². The van der Waals surface area contributed by atoms with E-state index in [1.165, 1.54) is 0 Å². The molecule has 0 radical (unpaired) electrons. The Morgan fingerprint density at radius 2 is 2.14 bits per heavy atom. The van der Waals surface area contributed by atoms with E-state index in [9.17, 15) is 0 Å². The first-order chi connectivity index (χ1) is 6.74. The van der Waals surface area contributed by atoms with E-state index in [1.807, 2.05) is 16.7 Å². The molecule has 0 unspecified atom stereocenters. The minimum atomic E-state index is 0.429. The molecule has 1 aromatic carbocycles. The predicted octanol–water partition coefficient (Wildman–Crippen LogP) is 2.30. The lowest BCUT2D eigenvalue weighted by Crippen LogP contribution is -2.09. The second-order valence-corrected chi connectivity index (χ2v) is 3.67. The summed E-state index contributed by atoms with van der Waals surface area (Å²) < 4.78 is 1.85. The molecule has 0 atom stereocenters. The van der Waals surface area contributed by atoms with E-state index in [4.69, 9.17) is 28.9 Å². The predicted molar refractivity (Wildman–Crippen MR) is 58.8 cm³/mol. The number of nitrogens with two attached hydrogens (primary N) is 1. The van der Waals surface area contributed by atoms with Gasteiger partial charge >= 0.3 is 0 Å². The van der Waals surface area contributed by atoms with Crippen molar-refractivity contribution in [3.63, 3.8) is 0 Å². The van der Waals surface area contributed by atoms with Crippen molar-refractivity contribution in [2.24, 2.45) is 5.73 Å². The Balaban J connectivity index is 2.70. The number of nitrogens with zero attached hydrogens (tertiary/aromatic N) is 2. The fourth-order valence-electron chi connectivity index (χ4n) is 1.43. The lowest BCUT2D eigenvalue weighted by Gasteiger charge is -2.02. The van der Waals surface area contributed by atoms with Crippen molar-refractivity contribution in [1.82, 2.24) is 9.55 Å². The summed E-state index contributed by atoms with van der Waals surface area (Å²) >= 11 is 11.9. The highest BCUT2D eigenvalue weighted by Gasteiger charge is 2.09. The topological polar surface area (TPSA) is 43.8 Å². The standard InChI is InChI=1S/C9H9Cl2N3/c10-6-2-1-3-7-8(6)13-9(11)14(7)5-4-12/h1-3H,4-5,12H2. The van der Waals surface area contributed by atoms with Crippen molar-refractivity contribution in [2.75, 3.05) is 6.54 Å². The van der Waals surface area contributed by atoms with Gasteiger partial charge in [0.25, 0.3) is 0 Å². The zero-order valence-electron chi connectivity index (χ0n) is 7.37. The third kappa shape index (κ3) is 1.47. The first-order valence-corrected chi connectivity index (χ1v) is 5.00. The summed E-state index contributed by atoms with van der Waals surface area (Å²) in [6.45, 7) is 1.17. The molecular formula is C9H9Cl2N3. The van der Waals surface area contributed by atoms with Crippen LogP contribution < -0.4 is 5.73 Å². The third-order valence-electron chi connectivity index (χ3n) is 2.04. The van der Waals surface area contributed by atoms with E-state index in [0.717, 1.165) is 11.0 Å². The van der Waals surface area contributed by atoms with Gasteiger partial charge in [0.15, 0.2) is 0 Å². The first-order valence-electron chi connectivity index (χ1n) is 4.24. The molecule has 0 spiro atoms. The van der Waals surface area contributed by atoms with E-state index >= 15 is 0 Å². The van der Waals surface area contributed by atoms with E-state index in [-0.39, 0.29) is 0 Å². The lowest BCUT2D eigenvalue weighted by atomic mass is 10.3. The average Bonchev–Trinajstić information content (AvgIpc) is 2.47. The SMILES string of the molecule is NCCn1c(Cl)nc2c(Cl)cccc21. The van der Waals surface area contributed by atoms with Gasteiger partial charge in [-0.3, -0.25) is 0 Å². The van der Waals surface area contributed by atoms with Gasteiger partial charge in [0.05, 0.1) is 10.5 Å². The summed E-state index contributed by atoms with van der Waals surface area (Å²) in [6.07, 6.45) is 0. The number of halogens is 2. The zero-order valence-corrected chi connectivity index (χ0v) is 8.89. The van der Waals surface area contributed by atoms with Crippen LogP contribution >= 0.6 is 23.2 Å². The van der Waals surface area contributed by atoms with Crippen LogP contribution in [0.2, 0.25) is 10.3 Å². The van der Waals surface area contributed by atoms with Gasteiger partial charge in [-0.2, -0.15) is 0 Å². The van der Waals surface area contributed by atoms with Crippen LogP contribution in [0.25, 0.3) is 11.0 Å². The average molecular weight is 230 g/mol. The Morgan fingerprint density at radius 3 is 2.86 bits per heavy atom. The van der Waals surface area contributed by atoms with Crippen molar-refractivity contribution in [2.45, 2.75) is 6.54 Å². The largest absolute Gasteiger partial charge is 0.329 e. The fraction of sp³-hybridized carbons (Fsp3) is 0.222. The Hall–Kier alpha value is -0.770. The Bertz CT molecular complexity index is 464. The zero-order chi connectivity index (χ0) is 10.1. The van der Waals surface area contributed by atoms with E-state index in [2.05, 4.69) is 4.98 Å². The molecule has 1 heterocycles. The second-order valence-electron chi connectivity index (χ2n) is 2.93. The third-order valence-corrected chi connectivity index (χ3v) is 2.63. The summed E-state index contributed by atoms with van der Waals surface area (Å²) in [5.74, 6) is 0. The summed E-state index contributed by atoms with van der Waals surface area (Å²) in [4.78, 5) is 4.17. The molecule has 2 aromatic rings. The van der Waals surface area contributed by atoms with Crippen LogP contribution in [-0.4, -0.2) is 16.1 Å². The maximum Gasteiger partial charge on any atom is 0.203 e. The minimum absolute atomic E-state index is 0.429. The quantitative estimate of drug-likeness (QED) is 0.860. The van der Waals surface area contributed by atoms with Crippen LogP contribution in [0.1, 0.15) is 0 Å². The molecule has 0 amide bonds. The number of imidazole rings is 1. The van der Waals surface area contributed by atoms with Gasteiger partial charge in [-0.15, -0.1) is 0 Å². The molecule has 5 heteroatoms. The number of para-hydroxylation sites is 1. The molecular weight excluding hydrogens is 221 g/mol. The van der Waals surface area contributed by atoms with Crippen LogP contribution in [0.4, 0.5) is 0 Å². The van der Waals surface area contributed by atoms with E-state index in [0.29, 0.717) is 23.4 Å². The van der Waals surface area contributed by atoms with Crippen molar-refractivity contribution < 1.29 is 0 Å². The second kappa shape index (κ2) is 3.77. The van der Waals surface area contributed by atoms with Crippen LogP contribution in [0.3, 0.4) is 0 Å². The van der Waals surface area contributed by atoms with Crippen LogP contribution in [-0.2, 0) is 6.54 Å². The fourth-order valence-corrected chi connectivity index (χ4v) is 1.90. The smallest absolute Gasteiger partial charge is 0.203 e. The maximum atomic E-state index is 5.98. The summed E-state index contributed by atoms with van der Waals surface area (Å²) in [5, 5.41) is 1.04. The van der Waals surface area contributed by atoms with Crippen LogP contribution in [0, 0.1) is 0 Å². The molecule has 0 saturated heterocycles. The highest BCUT2D eigenvalue weighted by atomic mass is 35.5. The van der Waals surface area contributed by atoms with Crippen molar-refractivity contribution in [3.05, 3.63) is 28.5 Å². The van der Waals surface area contributed by atoms with Gasteiger partial charge < -0.3 is 10.3 Å². The molecule has 0 saturated carbocycles. The molecule has 0 bridgehead atoms. The summed E-state index contributed by atoms with van der Waals surface area (Å²) in [5.41, 5.74) is 7.13. The number of hydrogen-bond acceptors (Lipinski definition) is 2. The van der Waals surface area contributed by atoms with Crippen molar-refractivity contribution in [3.8, 4) is 0 Å². The van der Waals surface area contributed by atoms with Crippen molar-refractivity contribution in [1.29, 1.82) is 0 Å². The molecule has 1 aromatic heterocycles. The highest BCUT2D eigenvalue weighted by molar-refractivity contribution is 6.35. The number of rotatable bonds is 2. The summed E-state index contributed by atoms with van der Waals surface area (Å²) in [7, 11) is 0. The van der Waals surface area contributed by atoms with Gasteiger partial charge in [-0.05, 0) is 23.7 Å². The van der Waals surface area contributed by atoms with Crippen molar-refractivity contribution >= 4 is 34.2 Å². The molecule has 0 aliphatic carbocycles. The minimum Gasteiger partial charge on any atom is -0.329 e. The van der Waals surface area contributed by atoms with Crippen LogP contribution in [0.5, 0.6) is 0 Å².